The lowest BCUT2D eigenvalue weighted by Gasteiger charge is -2.48. The highest BCUT2D eigenvalue weighted by Gasteiger charge is 2.40. The van der Waals surface area contributed by atoms with Crippen LogP contribution in [-0.4, -0.2) is 22.8 Å². The topological polar surface area (TPSA) is 20.3 Å². The Morgan fingerprint density at radius 1 is 0.862 bits per heavy atom. The van der Waals surface area contributed by atoms with E-state index in [0.29, 0.717) is 23.0 Å². The molecule has 2 nitrogen and oxygen atoms in total. The third-order valence-electron chi connectivity index (χ3n) is 6.84. The number of carbonyl (C=O) groups is 1. The zero-order chi connectivity index (χ0) is 19.8. The van der Waals surface area contributed by atoms with Crippen LogP contribution in [0.1, 0.15) is 48.0 Å². The largest absolute Gasteiger partial charge is 0.294 e. The van der Waals surface area contributed by atoms with Gasteiger partial charge in [0.05, 0.1) is 0 Å². The molecule has 2 bridgehead atoms. The highest BCUT2D eigenvalue weighted by atomic mass is 19.1. The van der Waals surface area contributed by atoms with Crippen LogP contribution in [-0.2, 0) is 6.54 Å². The number of rotatable bonds is 4. The van der Waals surface area contributed by atoms with Crippen molar-refractivity contribution in [1.29, 1.82) is 0 Å². The first kappa shape index (κ1) is 18.5. The second kappa shape index (κ2) is 7.72. The monoisotopic (exact) mass is 387 g/mol. The van der Waals surface area contributed by atoms with E-state index in [1.807, 2.05) is 18.2 Å². The van der Waals surface area contributed by atoms with E-state index in [1.54, 1.807) is 12.1 Å². The fourth-order valence-corrected chi connectivity index (χ4v) is 5.44. The number of fused-ring (bicyclic) bond motifs is 3. The van der Waals surface area contributed by atoms with Gasteiger partial charge in [-0.05, 0) is 48.8 Å². The van der Waals surface area contributed by atoms with Crippen molar-refractivity contribution >= 4 is 16.6 Å². The second-order valence-corrected chi connectivity index (χ2v) is 8.57. The predicted molar refractivity (Wildman–Crippen MR) is 114 cm³/mol. The molecule has 0 radical (unpaired) electrons. The molecule has 0 spiro atoms. The van der Waals surface area contributed by atoms with Gasteiger partial charge in [-0.2, -0.15) is 0 Å². The van der Waals surface area contributed by atoms with Crippen molar-refractivity contribution in [3.8, 4) is 0 Å². The number of piperidine rings is 2. The molecule has 0 aromatic heterocycles. The quantitative estimate of drug-likeness (QED) is 0.512. The summed E-state index contributed by atoms with van der Waals surface area (Å²) < 4.78 is 14.2. The lowest BCUT2D eigenvalue weighted by atomic mass is 9.75. The molecule has 3 aromatic carbocycles. The Kier molecular flexibility index (Phi) is 4.92. The average Bonchev–Trinajstić information content (AvgIpc) is 2.74. The molecule has 148 valence electrons. The summed E-state index contributed by atoms with van der Waals surface area (Å²) in [6.07, 6.45) is 5.40. The average molecular weight is 387 g/mol. The van der Waals surface area contributed by atoms with Gasteiger partial charge in [0.15, 0.2) is 5.78 Å². The molecule has 2 unspecified atom stereocenters. The van der Waals surface area contributed by atoms with Gasteiger partial charge in [-0.15, -0.1) is 0 Å². The van der Waals surface area contributed by atoms with Crippen LogP contribution in [0.3, 0.4) is 0 Å². The minimum absolute atomic E-state index is 0.0335. The Morgan fingerprint density at radius 2 is 1.52 bits per heavy atom. The van der Waals surface area contributed by atoms with Gasteiger partial charge in [-0.25, -0.2) is 4.39 Å². The number of hydrogen-bond acceptors (Lipinski definition) is 2. The fourth-order valence-electron chi connectivity index (χ4n) is 5.44. The van der Waals surface area contributed by atoms with Crippen LogP contribution >= 0.6 is 0 Å². The maximum atomic E-state index is 14.2. The molecule has 0 N–H and O–H groups in total. The molecular weight excluding hydrogens is 361 g/mol. The summed E-state index contributed by atoms with van der Waals surface area (Å²) in [7, 11) is 0. The first-order valence-electron chi connectivity index (χ1n) is 10.7. The normalized spacial score (nSPS) is 24.5. The number of Topliss-reactive ketones (excluding diaryl/α,β-unsaturated/α-hetero) is 1. The van der Waals surface area contributed by atoms with Gasteiger partial charge in [0.2, 0.25) is 0 Å². The molecule has 0 saturated carbocycles. The third kappa shape index (κ3) is 3.49. The first-order valence-corrected chi connectivity index (χ1v) is 10.7. The maximum absolute atomic E-state index is 14.2. The summed E-state index contributed by atoms with van der Waals surface area (Å²) in [5, 5.41) is 1.29. The van der Waals surface area contributed by atoms with E-state index >= 15 is 0 Å². The molecule has 29 heavy (non-hydrogen) atoms. The summed E-state index contributed by atoms with van der Waals surface area (Å²) >= 11 is 0. The molecule has 2 heterocycles. The number of ketones is 1. The molecule has 3 aromatic rings. The van der Waals surface area contributed by atoms with E-state index in [2.05, 4.69) is 35.2 Å². The SMILES string of the molecule is O=C(c1ccc(F)c2ccccc12)C1CC2CCCC(C1)N2Cc1ccccc1. The van der Waals surface area contributed by atoms with E-state index < -0.39 is 0 Å². The number of benzene rings is 3. The van der Waals surface area contributed by atoms with Crippen LogP contribution < -0.4 is 0 Å². The molecule has 2 saturated heterocycles. The molecule has 3 heteroatoms. The van der Waals surface area contributed by atoms with Crippen molar-refractivity contribution in [2.45, 2.75) is 50.7 Å². The van der Waals surface area contributed by atoms with E-state index in [4.69, 9.17) is 0 Å². The van der Waals surface area contributed by atoms with Crippen molar-refractivity contribution in [1.82, 2.24) is 4.90 Å². The van der Waals surface area contributed by atoms with Gasteiger partial charge < -0.3 is 0 Å². The molecule has 2 aliphatic rings. The Morgan fingerprint density at radius 3 is 2.24 bits per heavy atom. The van der Waals surface area contributed by atoms with Crippen molar-refractivity contribution in [3.05, 3.63) is 83.7 Å². The summed E-state index contributed by atoms with van der Waals surface area (Å²) in [6.45, 7) is 0.969. The number of halogens is 1. The lowest BCUT2D eigenvalue weighted by molar-refractivity contribution is 0.00911. The van der Waals surface area contributed by atoms with Crippen LogP contribution in [0.15, 0.2) is 66.7 Å². The molecule has 2 fully saturated rings. The Hall–Kier alpha value is -2.52. The Labute approximate surface area is 171 Å². The fraction of sp³-hybridized carbons (Fsp3) is 0.346. The van der Waals surface area contributed by atoms with Crippen molar-refractivity contribution in [2.75, 3.05) is 0 Å². The highest BCUT2D eigenvalue weighted by Crippen LogP contribution is 2.40. The second-order valence-electron chi connectivity index (χ2n) is 8.57. The summed E-state index contributed by atoms with van der Waals surface area (Å²) in [4.78, 5) is 16.1. The number of nitrogens with zero attached hydrogens (tertiary/aromatic N) is 1. The maximum Gasteiger partial charge on any atom is 0.166 e. The first-order chi connectivity index (χ1) is 14.2. The molecule has 0 amide bonds. The van der Waals surface area contributed by atoms with Gasteiger partial charge >= 0.3 is 0 Å². The third-order valence-corrected chi connectivity index (χ3v) is 6.84. The smallest absolute Gasteiger partial charge is 0.166 e. The van der Waals surface area contributed by atoms with Gasteiger partial charge in [-0.3, -0.25) is 9.69 Å². The summed E-state index contributed by atoms with van der Waals surface area (Å²) in [5.74, 6) is -0.0321. The number of carbonyl (C=O) groups excluding carboxylic acids is 1. The standard InChI is InChI=1S/C26H26FNO/c27-25-14-13-24(22-11-4-5-12-23(22)25)26(29)19-15-20-9-6-10-21(16-19)28(20)17-18-7-2-1-3-8-18/h1-5,7-8,11-14,19-21H,6,9-10,15-17H2. The van der Waals surface area contributed by atoms with Crippen LogP contribution in [0.2, 0.25) is 0 Å². The van der Waals surface area contributed by atoms with E-state index in [0.717, 1.165) is 37.6 Å². The van der Waals surface area contributed by atoms with E-state index in [-0.39, 0.29) is 17.5 Å². The summed E-state index contributed by atoms with van der Waals surface area (Å²) in [6, 6.07) is 22.0. The minimum Gasteiger partial charge on any atom is -0.294 e. The number of hydrogen-bond donors (Lipinski definition) is 0. The summed E-state index contributed by atoms with van der Waals surface area (Å²) in [5.41, 5.74) is 2.03. The van der Waals surface area contributed by atoms with Crippen LogP contribution in [0.25, 0.3) is 10.8 Å². The Balaban J connectivity index is 1.40. The van der Waals surface area contributed by atoms with Crippen LogP contribution in [0.4, 0.5) is 4.39 Å². The molecular formula is C26H26FNO. The van der Waals surface area contributed by atoms with Gasteiger partial charge in [0, 0.05) is 35.5 Å². The minimum atomic E-state index is -0.258. The predicted octanol–water partition coefficient (Wildman–Crippen LogP) is 5.99. The highest BCUT2D eigenvalue weighted by molar-refractivity contribution is 6.09. The van der Waals surface area contributed by atoms with Gasteiger partial charge in [-0.1, -0.05) is 61.0 Å². The van der Waals surface area contributed by atoms with Gasteiger partial charge in [0.25, 0.3) is 0 Å². The van der Waals surface area contributed by atoms with Crippen LogP contribution in [0, 0.1) is 11.7 Å². The van der Waals surface area contributed by atoms with Gasteiger partial charge in [0.1, 0.15) is 5.82 Å². The zero-order valence-corrected chi connectivity index (χ0v) is 16.6. The molecule has 2 aliphatic heterocycles. The Bertz CT molecular complexity index is 1020. The van der Waals surface area contributed by atoms with Crippen molar-refractivity contribution in [2.24, 2.45) is 5.92 Å². The molecule has 2 atom stereocenters. The van der Waals surface area contributed by atoms with E-state index in [1.165, 1.54) is 18.1 Å². The van der Waals surface area contributed by atoms with Crippen molar-refractivity contribution in [3.63, 3.8) is 0 Å². The van der Waals surface area contributed by atoms with E-state index in [9.17, 15) is 9.18 Å². The van der Waals surface area contributed by atoms with Crippen LogP contribution in [0.5, 0.6) is 0 Å². The molecule has 0 aliphatic carbocycles. The molecule has 5 rings (SSSR count). The zero-order valence-electron chi connectivity index (χ0n) is 16.6. The van der Waals surface area contributed by atoms with Crippen molar-refractivity contribution < 1.29 is 9.18 Å². The lowest BCUT2D eigenvalue weighted by Crippen LogP contribution is -2.52.